The second kappa shape index (κ2) is 4.75. The Morgan fingerprint density at radius 3 is 3.00 bits per heavy atom. The van der Waals surface area contributed by atoms with Crippen molar-refractivity contribution >= 4 is 32.9 Å². The van der Waals surface area contributed by atoms with Crippen LogP contribution in [0.15, 0.2) is 11.1 Å². The van der Waals surface area contributed by atoms with Gasteiger partial charge in [-0.1, -0.05) is 6.92 Å². The molecule has 2 aromatic heterocycles. The Hall–Kier alpha value is -1.21. The van der Waals surface area contributed by atoms with E-state index in [0.717, 1.165) is 17.8 Å². The number of hydrogen-bond donors (Lipinski definition) is 3. The van der Waals surface area contributed by atoms with Crippen LogP contribution in [0.3, 0.4) is 0 Å². The van der Waals surface area contributed by atoms with Crippen molar-refractivity contribution in [2.24, 2.45) is 0 Å². The molecule has 0 radical (unpaired) electrons. The van der Waals surface area contributed by atoms with Crippen LogP contribution in [0.4, 0.5) is 5.82 Å². The number of aromatic nitrogens is 4. The summed E-state index contributed by atoms with van der Waals surface area (Å²) < 4.78 is 0.656. The zero-order chi connectivity index (χ0) is 11.5. The van der Waals surface area contributed by atoms with Crippen molar-refractivity contribution in [2.75, 3.05) is 12.4 Å². The maximum absolute atomic E-state index is 4.20. The molecule has 3 N–H and O–H groups in total. The third-order valence-corrected chi connectivity index (χ3v) is 2.70. The second-order valence-corrected chi connectivity index (χ2v) is 4.09. The van der Waals surface area contributed by atoms with E-state index in [4.69, 9.17) is 0 Å². The highest BCUT2D eigenvalue weighted by Gasteiger charge is 2.10. The van der Waals surface area contributed by atoms with Crippen LogP contribution in [-0.4, -0.2) is 33.1 Å². The Morgan fingerprint density at radius 2 is 2.31 bits per heavy atom. The number of anilines is 1. The van der Waals surface area contributed by atoms with Gasteiger partial charge in [0, 0.05) is 0 Å². The van der Waals surface area contributed by atoms with Crippen LogP contribution in [0.25, 0.3) is 11.2 Å². The molecule has 0 aliphatic carbocycles. The molecule has 0 aliphatic heterocycles. The number of halogens is 1. The first-order chi connectivity index (χ1) is 7.74. The van der Waals surface area contributed by atoms with Gasteiger partial charge in [-0.25, -0.2) is 15.0 Å². The first-order valence-corrected chi connectivity index (χ1v) is 5.84. The maximum Gasteiger partial charge on any atom is 0.183 e. The molecule has 1 unspecified atom stereocenters. The van der Waals surface area contributed by atoms with Crippen molar-refractivity contribution in [3.63, 3.8) is 0 Å². The van der Waals surface area contributed by atoms with Crippen LogP contribution in [0.5, 0.6) is 0 Å². The molecule has 7 heteroatoms. The van der Waals surface area contributed by atoms with Crippen molar-refractivity contribution in [1.29, 1.82) is 0 Å². The molecule has 1 atom stereocenters. The Balaban J connectivity index is 2.36. The zero-order valence-electron chi connectivity index (χ0n) is 9.08. The monoisotopic (exact) mass is 284 g/mol. The van der Waals surface area contributed by atoms with E-state index in [-0.39, 0.29) is 6.17 Å². The molecule has 0 bridgehead atoms. The van der Waals surface area contributed by atoms with Crippen LogP contribution in [0.1, 0.15) is 13.3 Å². The number of nitrogens with zero attached hydrogens (tertiary/aromatic N) is 3. The van der Waals surface area contributed by atoms with Crippen LogP contribution >= 0.6 is 15.9 Å². The van der Waals surface area contributed by atoms with E-state index in [1.54, 1.807) is 0 Å². The van der Waals surface area contributed by atoms with Gasteiger partial charge in [0.1, 0.15) is 11.8 Å². The maximum atomic E-state index is 4.20. The van der Waals surface area contributed by atoms with Gasteiger partial charge in [-0.3, -0.25) is 0 Å². The van der Waals surface area contributed by atoms with Gasteiger partial charge in [0.15, 0.2) is 16.2 Å². The van der Waals surface area contributed by atoms with Gasteiger partial charge in [0.25, 0.3) is 0 Å². The SMILES string of the molecule is CCC(NC)Nc1ncnc2nc(Br)[nH]c12. The number of fused-ring (bicyclic) bond motifs is 1. The van der Waals surface area contributed by atoms with Crippen molar-refractivity contribution in [2.45, 2.75) is 19.5 Å². The van der Waals surface area contributed by atoms with Crippen LogP contribution in [0.2, 0.25) is 0 Å². The van der Waals surface area contributed by atoms with Crippen molar-refractivity contribution in [3.8, 4) is 0 Å². The Morgan fingerprint density at radius 1 is 1.50 bits per heavy atom. The van der Waals surface area contributed by atoms with Gasteiger partial charge in [0.05, 0.1) is 6.17 Å². The molecule has 16 heavy (non-hydrogen) atoms. The van der Waals surface area contributed by atoms with Gasteiger partial charge >= 0.3 is 0 Å². The Labute approximate surface area is 101 Å². The third-order valence-electron chi connectivity index (χ3n) is 2.33. The van der Waals surface area contributed by atoms with E-state index in [1.807, 2.05) is 7.05 Å². The predicted molar refractivity (Wildman–Crippen MR) is 66.1 cm³/mol. The van der Waals surface area contributed by atoms with Crippen molar-refractivity contribution in [1.82, 2.24) is 25.3 Å². The Bertz CT molecular complexity index is 478. The zero-order valence-corrected chi connectivity index (χ0v) is 10.7. The fourth-order valence-electron chi connectivity index (χ4n) is 1.45. The molecule has 0 amide bonds. The molecule has 0 saturated carbocycles. The fraction of sp³-hybridized carbons (Fsp3) is 0.444. The minimum Gasteiger partial charge on any atom is -0.353 e. The largest absolute Gasteiger partial charge is 0.353 e. The minimum absolute atomic E-state index is 0.181. The summed E-state index contributed by atoms with van der Waals surface area (Å²) in [7, 11) is 1.91. The topological polar surface area (TPSA) is 78.5 Å². The summed E-state index contributed by atoms with van der Waals surface area (Å²) in [4.78, 5) is 15.5. The highest BCUT2D eigenvalue weighted by atomic mass is 79.9. The predicted octanol–water partition coefficient (Wildman–Crippen LogP) is 1.48. The molecule has 2 aromatic rings. The number of rotatable bonds is 4. The second-order valence-electron chi connectivity index (χ2n) is 3.34. The van der Waals surface area contributed by atoms with Crippen molar-refractivity contribution < 1.29 is 0 Å². The van der Waals surface area contributed by atoms with E-state index in [0.29, 0.717) is 10.4 Å². The molecule has 0 saturated heterocycles. The molecule has 6 nitrogen and oxygen atoms in total. The normalized spacial score (nSPS) is 12.9. The molecule has 0 aliphatic rings. The smallest absolute Gasteiger partial charge is 0.183 e. The van der Waals surface area contributed by atoms with Gasteiger partial charge in [0.2, 0.25) is 0 Å². The van der Waals surface area contributed by atoms with Gasteiger partial charge < -0.3 is 15.6 Å². The van der Waals surface area contributed by atoms with E-state index in [2.05, 4.69) is 53.4 Å². The summed E-state index contributed by atoms with van der Waals surface area (Å²) in [6.07, 6.45) is 2.64. The van der Waals surface area contributed by atoms with Crippen molar-refractivity contribution in [3.05, 3.63) is 11.1 Å². The van der Waals surface area contributed by atoms with Gasteiger partial charge in [-0.2, -0.15) is 0 Å². The molecule has 86 valence electrons. The summed E-state index contributed by atoms with van der Waals surface area (Å²) in [5, 5.41) is 6.43. The highest BCUT2D eigenvalue weighted by Crippen LogP contribution is 2.19. The molecule has 2 rings (SSSR count). The minimum atomic E-state index is 0.181. The quantitative estimate of drug-likeness (QED) is 0.586. The lowest BCUT2D eigenvalue weighted by Crippen LogP contribution is -2.32. The lowest BCUT2D eigenvalue weighted by molar-refractivity contribution is 0.605. The first-order valence-electron chi connectivity index (χ1n) is 5.04. The van der Waals surface area contributed by atoms with Gasteiger partial charge in [-0.15, -0.1) is 0 Å². The number of imidazole rings is 1. The number of hydrogen-bond acceptors (Lipinski definition) is 5. The number of H-pyrrole nitrogens is 1. The van der Waals surface area contributed by atoms with Crippen LogP contribution in [0, 0.1) is 0 Å². The van der Waals surface area contributed by atoms with E-state index < -0.39 is 0 Å². The summed E-state index contributed by atoms with van der Waals surface area (Å²) >= 11 is 3.28. The summed E-state index contributed by atoms with van der Waals surface area (Å²) in [5.41, 5.74) is 1.46. The van der Waals surface area contributed by atoms with Crippen LogP contribution < -0.4 is 10.6 Å². The average Bonchev–Trinajstić information content (AvgIpc) is 2.67. The lowest BCUT2D eigenvalue weighted by atomic mass is 10.3. The van der Waals surface area contributed by atoms with Gasteiger partial charge in [-0.05, 0) is 29.4 Å². The number of nitrogens with one attached hydrogen (secondary N) is 3. The highest BCUT2D eigenvalue weighted by molar-refractivity contribution is 9.10. The molecule has 0 fully saturated rings. The summed E-state index contributed by atoms with van der Waals surface area (Å²) in [6, 6.07) is 0. The van der Waals surface area contributed by atoms with E-state index in [9.17, 15) is 0 Å². The summed E-state index contributed by atoms with van der Waals surface area (Å²) in [6.45, 7) is 2.09. The average molecular weight is 285 g/mol. The number of aromatic amines is 1. The lowest BCUT2D eigenvalue weighted by Gasteiger charge is -2.16. The first kappa shape index (κ1) is 11.3. The third kappa shape index (κ3) is 2.14. The van der Waals surface area contributed by atoms with E-state index >= 15 is 0 Å². The molecule has 0 spiro atoms. The molecular weight excluding hydrogens is 272 g/mol. The Kier molecular flexibility index (Phi) is 3.35. The fourth-order valence-corrected chi connectivity index (χ4v) is 1.82. The molecule has 2 heterocycles. The standard InChI is InChI=1S/C9H13BrN6/c1-3-5(11-2)14-7-6-8(13-4-12-7)16-9(10)15-6/h4-5,11H,3H2,1-2H3,(H2,12,13,14,15,16). The molecule has 0 aromatic carbocycles. The molecular formula is C9H13BrN6. The van der Waals surface area contributed by atoms with E-state index in [1.165, 1.54) is 6.33 Å². The van der Waals surface area contributed by atoms with Crippen LogP contribution in [-0.2, 0) is 0 Å². The summed E-state index contributed by atoms with van der Waals surface area (Å²) in [5.74, 6) is 0.754.